The quantitative estimate of drug-likeness (QED) is 0.495. The van der Waals surface area contributed by atoms with E-state index in [1.165, 1.54) is 19.3 Å². The second-order valence-corrected chi connectivity index (χ2v) is 10.00. The van der Waals surface area contributed by atoms with Crippen LogP contribution in [-0.4, -0.2) is 41.4 Å². The maximum absolute atomic E-state index is 15.1. The van der Waals surface area contributed by atoms with Crippen LogP contribution < -0.4 is 4.74 Å². The highest BCUT2D eigenvalue weighted by molar-refractivity contribution is 5.89. The van der Waals surface area contributed by atoms with Crippen LogP contribution in [0.4, 0.5) is 4.39 Å². The summed E-state index contributed by atoms with van der Waals surface area (Å²) in [6.07, 6.45) is 7.68. The number of likely N-dealkylation sites (tertiary alicyclic amines) is 1. The van der Waals surface area contributed by atoms with Crippen molar-refractivity contribution < 1.29 is 19.3 Å². The number of fused-ring (bicyclic) bond motifs is 4. The second-order valence-electron chi connectivity index (χ2n) is 10.00. The number of phenols is 2. The molecule has 1 unspecified atom stereocenters. The number of allylic oxidation sites excluding steroid dienone is 1. The molecule has 1 saturated heterocycles. The Bertz CT molecular complexity index is 1310. The molecule has 35 heavy (non-hydrogen) atoms. The molecule has 3 aromatic carbocycles. The summed E-state index contributed by atoms with van der Waals surface area (Å²) in [6, 6.07) is 16.2. The van der Waals surface area contributed by atoms with Crippen molar-refractivity contribution in [2.24, 2.45) is 0 Å². The number of piperidine rings is 1. The van der Waals surface area contributed by atoms with Crippen molar-refractivity contribution in [3.8, 4) is 17.2 Å². The maximum Gasteiger partial charge on any atom is 0.165 e. The molecule has 3 aromatic rings. The molecular formula is C30H30FNO3. The molecule has 4 nitrogen and oxygen atoms in total. The first-order valence-corrected chi connectivity index (χ1v) is 12.6. The van der Waals surface area contributed by atoms with Crippen molar-refractivity contribution in [1.82, 2.24) is 4.90 Å². The number of aryl methyl sites for hydroxylation is 1. The van der Waals surface area contributed by atoms with Gasteiger partial charge in [-0.3, -0.25) is 4.90 Å². The number of halogens is 1. The number of ether oxygens (including phenoxy) is 1. The molecule has 0 radical (unpaired) electrons. The fraction of sp³-hybridized carbons (Fsp3) is 0.333. The number of rotatable bonds is 5. The van der Waals surface area contributed by atoms with E-state index in [4.69, 9.17) is 4.74 Å². The van der Waals surface area contributed by atoms with E-state index in [0.717, 1.165) is 65.9 Å². The number of aromatic hydroxyl groups is 2. The summed E-state index contributed by atoms with van der Waals surface area (Å²) in [4.78, 5) is 2.38. The standard InChI is InChI=1S/C30H30FNO3/c31-28-17-20(4-9-29(28)35-15-14-32-12-2-1-3-13-32)25-19-30(27-8-6-23(34)18-24(25)27)11-10-21-16-22(33)5-7-26(21)30/h4-9,16-19,33-34H,1-3,10-15H2. The van der Waals surface area contributed by atoms with E-state index in [9.17, 15) is 10.2 Å². The van der Waals surface area contributed by atoms with Crippen LogP contribution in [0, 0.1) is 5.82 Å². The van der Waals surface area contributed by atoms with E-state index in [-0.39, 0.29) is 28.5 Å². The SMILES string of the molecule is Oc1ccc2c(c1)CCC21C=C(c2ccc(OCCN3CCCCC3)c(F)c2)c2cc(O)ccc21. The third-order valence-corrected chi connectivity index (χ3v) is 7.88. The minimum Gasteiger partial charge on any atom is -0.508 e. The van der Waals surface area contributed by atoms with E-state index in [0.29, 0.717) is 6.61 Å². The summed E-state index contributed by atoms with van der Waals surface area (Å²) >= 11 is 0. The van der Waals surface area contributed by atoms with Crippen molar-refractivity contribution in [3.63, 3.8) is 0 Å². The summed E-state index contributed by atoms with van der Waals surface area (Å²) in [6.45, 7) is 3.48. The molecule has 1 aliphatic heterocycles. The van der Waals surface area contributed by atoms with Crippen molar-refractivity contribution in [2.45, 2.75) is 37.5 Å². The topological polar surface area (TPSA) is 52.9 Å². The van der Waals surface area contributed by atoms with Gasteiger partial charge in [-0.1, -0.05) is 30.7 Å². The third kappa shape index (κ3) is 3.88. The summed E-state index contributed by atoms with van der Waals surface area (Å²) in [5.74, 6) is 0.360. The fourth-order valence-electron chi connectivity index (χ4n) is 6.16. The lowest BCUT2D eigenvalue weighted by molar-refractivity contribution is 0.180. The predicted octanol–water partition coefficient (Wildman–Crippen LogP) is 5.78. The molecule has 2 N–H and O–H groups in total. The van der Waals surface area contributed by atoms with Crippen LogP contribution in [0.5, 0.6) is 17.2 Å². The van der Waals surface area contributed by atoms with Gasteiger partial charge < -0.3 is 14.9 Å². The Hall–Kier alpha value is -3.31. The number of hydrogen-bond acceptors (Lipinski definition) is 4. The Morgan fingerprint density at radius 2 is 1.66 bits per heavy atom. The minimum atomic E-state index is -0.374. The summed E-state index contributed by atoms with van der Waals surface area (Å²) in [5.41, 5.74) is 5.65. The van der Waals surface area contributed by atoms with Crippen molar-refractivity contribution >= 4 is 5.57 Å². The van der Waals surface area contributed by atoms with E-state index in [2.05, 4.69) is 11.0 Å². The first-order valence-electron chi connectivity index (χ1n) is 12.6. The lowest BCUT2D eigenvalue weighted by atomic mass is 9.77. The molecule has 5 heteroatoms. The monoisotopic (exact) mass is 471 g/mol. The van der Waals surface area contributed by atoms with Crippen LogP contribution >= 0.6 is 0 Å². The highest BCUT2D eigenvalue weighted by atomic mass is 19.1. The predicted molar refractivity (Wildman–Crippen MR) is 135 cm³/mol. The molecule has 0 bridgehead atoms. The highest BCUT2D eigenvalue weighted by Crippen LogP contribution is 2.54. The van der Waals surface area contributed by atoms with Gasteiger partial charge in [0, 0.05) is 12.0 Å². The smallest absolute Gasteiger partial charge is 0.165 e. The van der Waals surface area contributed by atoms with Gasteiger partial charge in [0.15, 0.2) is 11.6 Å². The second kappa shape index (κ2) is 8.72. The first kappa shape index (κ1) is 22.2. The van der Waals surface area contributed by atoms with E-state index in [1.54, 1.807) is 30.3 Å². The Morgan fingerprint density at radius 1 is 0.886 bits per heavy atom. The Balaban J connectivity index is 1.31. The Labute approximate surface area is 205 Å². The molecular weight excluding hydrogens is 441 g/mol. The zero-order chi connectivity index (χ0) is 24.0. The molecule has 0 aromatic heterocycles. The van der Waals surface area contributed by atoms with Gasteiger partial charge in [0.1, 0.15) is 18.1 Å². The van der Waals surface area contributed by atoms with Gasteiger partial charge in [0.05, 0.1) is 0 Å². The van der Waals surface area contributed by atoms with E-state index >= 15 is 4.39 Å². The van der Waals surface area contributed by atoms with Gasteiger partial charge in [0.2, 0.25) is 0 Å². The molecule has 1 atom stereocenters. The number of nitrogens with zero attached hydrogens (tertiary/aromatic N) is 1. The van der Waals surface area contributed by atoms with Crippen LogP contribution in [0.15, 0.2) is 60.7 Å². The van der Waals surface area contributed by atoms with Crippen LogP contribution in [0.1, 0.15) is 53.5 Å². The lowest BCUT2D eigenvalue weighted by Gasteiger charge is -2.26. The average Bonchev–Trinajstić information content (AvgIpc) is 3.38. The van der Waals surface area contributed by atoms with E-state index in [1.807, 2.05) is 24.3 Å². The van der Waals surface area contributed by atoms with Gasteiger partial charge in [-0.25, -0.2) is 4.39 Å². The first-order chi connectivity index (χ1) is 17.0. The maximum atomic E-state index is 15.1. The van der Waals surface area contributed by atoms with Crippen LogP contribution in [-0.2, 0) is 11.8 Å². The third-order valence-electron chi connectivity index (χ3n) is 7.88. The minimum absolute atomic E-state index is 0.189. The molecule has 6 rings (SSSR count). The van der Waals surface area contributed by atoms with Gasteiger partial charge in [0.25, 0.3) is 0 Å². The van der Waals surface area contributed by atoms with Gasteiger partial charge >= 0.3 is 0 Å². The molecule has 0 saturated carbocycles. The molecule has 3 aliphatic rings. The Kier molecular flexibility index (Phi) is 5.53. The summed E-state index contributed by atoms with van der Waals surface area (Å²) in [5, 5.41) is 20.2. The Morgan fingerprint density at radius 3 is 2.46 bits per heavy atom. The van der Waals surface area contributed by atoms with E-state index < -0.39 is 0 Å². The lowest BCUT2D eigenvalue weighted by Crippen LogP contribution is -2.33. The largest absolute Gasteiger partial charge is 0.508 e. The van der Waals surface area contributed by atoms with Crippen molar-refractivity contribution in [3.05, 3.63) is 94.3 Å². The molecule has 1 heterocycles. The number of benzene rings is 3. The zero-order valence-electron chi connectivity index (χ0n) is 19.8. The molecule has 2 aliphatic carbocycles. The van der Waals surface area contributed by atoms with Crippen LogP contribution in [0.25, 0.3) is 5.57 Å². The van der Waals surface area contributed by atoms with Crippen molar-refractivity contribution in [2.75, 3.05) is 26.2 Å². The number of hydrogen-bond donors (Lipinski definition) is 2. The normalized spacial score (nSPS) is 21.1. The zero-order valence-corrected chi connectivity index (χ0v) is 19.8. The van der Waals surface area contributed by atoms with Gasteiger partial charge in [-0.2, -0.15) is 0 Å². The van der Waals surface area contributed by atoms with Crippen LogP contribution in [0.3, 0.4) is 0 Å². The highest BCUT2D eigenvalue weighted by Gasteiger charge is 2.44. The molecule has 1 spiro atoms. The van der Waals surface area contributed by atoms with Crippen molar-refractivity contribution in [1.29, 1.82) is 0 Å². The average molecular weight is 472 g/mol. The molecule has 1 fully saturated rings. The summed E-state index contributed by atoms with van der Waals surface area (Å²) < 4.78 is 20.9. The number of phenolic OH excluding ortho intramolecular Hbond substituents is 2. The molecule has 180 valence electrons. The van der Waals surface area contributed by atoms with Crippen LogP contribution in [0.2, 0.25) is 0 Å². The van der Waals surface area contributed by atoms with Gasteiger partial charge in [-0.05, 0) is 109 Å². The summed E-state index contributed by atoms with van der Waals surface area (Å²) in [7, 11) is 0. The molecule has 0 amide bonds. The van der Waals surface area contributed by atoms with Gasteiger partial charge in [-0.15, -0.1) is 0 Å². The fourth-order valence-corrected chi connectivity index (χ4v) is 6.16.